The summed E-state index contributed by atoms with van der Waals surface area (Å²) in [6.45, 7) is 5.61. The smallest absolute Gasteiger partial charge is 0.341 e. The molecular formula is C22H22ClN7O2. The highest BCUT2D eigenvalue weighted by molar-refractivity contribution is 6.35. The van der Waals surface area contributed by atoms with Crippen LogP contribution in [0, 0.1) is 13.8 Å². The van der Waals surface area contributed by atoms with Gasteiger partial charge in [-0.2, -0.15) is 10.2 Å². The van der Waals surface area contributed by atoms with Gasteiger partial charge in [0.2, 0.25) is 0 Å². The van der Waals surface area contributed by atoms with Crippen molar-refractivity contribution in [2.45, 2.75) is 20.8 Å². The quantitative estimate of drug-likeness (QED) is 0.437. The number of hydrogen-bond acceptors (Lipinski definition) is 7. The highest BCUT2D eigenvalue weighted by Crippen LogP contribution is 2.34. The number of hydrogen-bond donors (Lipinski definition) is 1. The van der Waals surface area contributed by atoms with Crippen molar-refractivity contribution in [2.75, 3.05) is 11.9 Å². The minimum absolute atomic E-state index is 0.292. The summed E-state index contributed by atoms with van der Waals surface area (Å²) in [6, 6.07) is 11.5. The molecule has 0 spiro atoms. The lowest BCUT2D eigenvalue weighted by Crippen LogP contribution is -2.08. The molecular weight excluding hydrogens is 430 g/mol. The summed E-state index contributed by atoms with van der Waals surface area (Å²) in [6.07, 6.45) is 1.41. The number of esters is 1. The Balaban J connectivity index is 1.66. The number of rotatable bonds is 6. The molecule has 3 heterocycles. The van der Waals surface area contributed by atoms with Gasteiger partial charge in [-0.3, -0.25) is 4.68 Å². The Bertz CT molecular complexity index is 1280. The number of carbonyl (C=O) groups is 1. The van der Waals surface area contributed by atoms with Crippen molar-refractivity contribution in [1.29, 1.82) is 0 Å². The van der Waals surface area contributed by atoms with Crippen LogP contribution in [0.2, 0.25) is 5.02 Å². The molecule has 0 unspecified atom stereocenters. The van der Waals surface area contributed by atoms with Crippen LogP contribution in [-0.4, -0.2) is 42.1 Å². The second kappa shape index (κ2) is 8.80. The van der Waals surface area contributed by atoms with Crippen molar-refractivity contribution in [3.63, 3.8) is 0 Å². The summed E-state index contributed by atoms with van der Waals surface area (Å²) in [7, 11) is 1.83. The minimum atomic E-state index is -0.408. The van der Waals surface area contributed by atoms with Crippen LogP contribution in [0.15, 0.2) is 42.7 Å². The molecule has 3 aromatic heterocycles. The van der Waals surface area contributed by atoms with E-state index in [1.807, 2.05) is 37.4 Å². The van der Waals surface area contributed by atoms with Crippen molar-refractivity contribution in [3.05, 3.63) is 64.7 Å². The third-order valence-corrected chi connectivity index (χ3v) is 5.28. The largest absolute Gasteiger partial charge is 0.462 e. The van der Waals surface area contributed by atoms with Crippen LogP contribution in [0.4, 0.5) is 11.6 Å². The summed E-state index contributed by atoms with van der Waals surface area (Å²) >= 11 is 6.63. The maximum Gasteiger partial charge on any atom is 0.341 e. The predicted molar refractivity (Wildman–Crippen MR) is 122 cm³/mol. The van der Waals surface area contributed by atoms with E-state index < -0.39 is 5.97 Å². The first-order valence-electron chi connectivity index (χ1n) is 10.0. The van der Waals surface area contributed by atoms with Crippen molar-refractivity contribution < 1.29 is 9.53 Å². The number of nitrogens with one attached hydrogen (secondary N) is 1. The second-order valence-corrected chi connectivity index (χ2v) is 7.44. The van der Waals surface area contributed by atoms with Crippen LogP contribution in [0.3, 0.4) is 0 Å². The molecule has 1 aromatic carbocycles. The Morgan fingerprint density at radius 1 is 1.16 bits per heavy atom. The monoisotopic (exact) mass is 451 g/mol. The van der Waals surface area contributed by atoms with Crippen molar-refractivity contribution in [3.8, 4) is 17.1 Å². The third kappa shape index (κ3) is 3.94. The first kappa shape index (κ1) is 21.5. The molecule has 0 atom stereocenters. The van der Waals surface area contributed by atoms with E-state index in [-0.39, 0.29) is 0 Å². The number of benzene rings is 1. The first-order chi connectivity index (χ1) is 15.4. The Kier molecular flexibility index (Phi) is 5.91. The average molecular weight is 452 g/mol. The molecule has 0 saturated carbocycles. The normalized spacial score (nSPS) is 10.9. The van der Waals surface area contributed by atoms with Crippen LogP contribution in [0.25, 0.3) is 17.1 Å². The molecule has 4 rings (SSSR count). The molecule has 0 saturated heterocycles. The molecule has 0 aliphatic rings. The Morgan fingerprint density at radius 3 is 2.62 bits per heavy atom. The fraction of sp³-hybridized carbons (Fsp3) is 0.227. The van der Waals surface area contributed by atoms with E-state index in [1.165, 1.54) is 6.33 Å². The van der Waals surface area contributed by atoms with Gasteiger partial charge in [-0.1, -0.05) is 41.9 Å². The number of carbonyl (C=O) groups excluding carboxylic acids is 1. The SMILES string of the molecule is CCOC(=O)c1c(C)nn(-c2cc(Nc3nn(C)c(-c4ccccc4)c3Cl)ncn2)c1C. The van der Waals surface area contributed by atoms with E-state index in [9.17, 15) is 4.79 Å². The summed E-state index contributed by atoms with van der Waals surface area (Å²) in [5, 5.41) is 12.6. The second-order valence-electron chi connectivity index (χ2n) is 7.07. The van der Waals surface area contributed by atoms with Crippen molar-refractivity contribution >= 4 is 29.2 Å². The number of ether oxygens (including phenoxy) is 1. The van der Waals surface area contributed by atoms with E-state index in [0.29, 0.717) is 46.0 Å². The fourth-order valence-corrected chi connectivity index (χ4v) is 3.82. The van der Waals surface area contributed by atoms with E-state index in [0.717, 1.165) is 11.3 Å². The average Bonchev–Trinajstić information content (AvgIpc) is 3.23. The van der Waals surface area contributed by atoms with Gasteiger partial charge in [0.15, 0.2) is 11.6 Å². The van der Waals surface area contributed by atoms with Gasteiger partial charge in [-0.05, 0) is 20.8 Å². The zero-order valence-electron chi connectivity index (χ0n) is 18.1. The fourth-order valence-electron chi connectivity index (χ4n) is 3.50. The van der Waals surface area contributed by atoms with Crippen molar-refractivity contribution in [2.24, 2.45) is 7.05 Å². The Morgan fingerprint density at radius 2 is 1.91 bits per heavy atom. The summed E-state index contributed by atoms with van der Waals surface area (Å²) < 4.78 is 8.45. The number of halogens is 1. The molecule has 0 radical (unpaired) electrons. The summed E-state index contributed by atoms with van der Waals surface area (Å²) in [4.78, 5) is 20.9. The lowest BCUT2D eigenvalue weighted by molar-refractivity contribution is 0.0524. The maximum atomic E-state index is 12.3. The topological polar surface area (TPSA) is 99.8 Å². The van der Waals surface area contributed by atoms with Crippen LogP contribution in [0.1, 0.15) is 28.7 Å². The third-order valence-electron chi connectivity index (χ3n) is 4.92. The molecule has 0 fully saturated rings. The van der Waals surface area contributed by atoms with E-state index in [4.69, 9.17) is 16.3 Å². The number of aromatic nitrogens is 6. The van der Waals surface area contributed by atoms with Crippen LogP contribution >= 0.6 is 11.6 Å². The molecule has 0 aliphatic heterocycles. The Labute approximate surface area is 190 Å². The van der Waals surface area contributed by atoms with E-state index >= 15 is 0 Å². The van der Waals surface area contributed by atoms with Crippen LogP contribution in [-0.2, 0) is 11.8 Å². The van der Waals surface area contributed by atoms with E-state index in [1.54, 1.807) is 36.2 Å². The molecule has 9 nitrogen and oxygen atoms in total. The number of anilines is 2. The zero-order chi connectivity index (χ0) is 22.8. The molecule has 32 heavy (non-hydrogen) atoms. The predicted octanol–water partition coefficient (Wildman–Crippen LogP) is 4.25. The number of aryl methyl sites for hydroxylation is 2. The van der Waals surface area contributed by atoms with Crippen molar-refractivity contribution in [1.82, 2.24) is 29.5 Å². The maximum absolute atomic E-state index is 12.3. The standard InChI is InChI=1S/C22H22ClN7O2/c1-5-32-22(31)18-13(2)27-30(14(18)3)17-11-16(24-12-25-17)26-21-19(23)20(29(4)28-21)15-9-7-6-8-10-15/h6-12H,5H2,1-4H3,(H,24,25,26,28). The minimum Gasteiger partial charge on any atom is -0.462 e. The van der Waals surface area contributed by atoms with Gasteiger partial charge < -0.3 is 10.1 Å². The molecule has 10 heteroatoms. The van der Waals surface area contributed by atoms with Gasteiger partial charge in [0, 0.05) is 18.7 Å². The molecule has 1 N–H and O–H groups in total. The molecule has 0 bridgehead atoms. The molecule has 164 valence electrons. The Hall–Kier alpha value is -3.72. The summed E-state index contributed by atoms with van der Waals surface area (Å²) in [5.41, 5.74) is 3.38. The highest BCUT2D eigenvalue weighted by atomic mass is 35.5. The molecule has 0 aliphatic carbocycles. The van der Waals surface area contributed by atoms with Gasteiger partial charge >= 0.3 is 5.97 Å². The van der Waals surface area contributed by atoms with E-state index in [2.05, 4.69) is 25.5 Å². The lowest BCUT2D eigenvalue weighted by Gasteiger charge is -2.07. The van der Waals surface area contributed by atoms with Gasteiger partial charge in [-0.25, -0.2) is 19.4 Å². The summed E-state index contributed by atoms with van der Waals surface area (Å²) in [5.74, 6) is 1.04. The van der Waals surface area contributed by atoms with Gasteiger partial charge in [0.1, 0.15) is 22.7 Å². The molecule has 4 aromatic rings. The van der Waals surface area contributed by atoms with Gasteiger partial charge in [-0.15, -0.1) is 0 Å². The van der Waals surface area contributed by atoms with Gasteiger partial charge in [0.05, 0.1) is 23.7 Å². The highest BCUT2D eigenvalue weighted by Gasteiger charge is 2.22. The van der Waals surface area contributed by atoms with Gasteiger partial charge in [0.25, 0.3) is 0 Å². The van der Waals surface area contributed by atoms with Crippen LogP contribution < -0.4 is 5.32 Å². The zero-order valence-corrected chi connectivity index (χ0v) is 18.9. The molecule has 0 amide bonds. The van der Waals surface area contributed by atoms with Crippen LogP contribution in [0.5, 0.6) is 0 Å². The first-order valence-corrected chi connectivity index (χ1v) is 10.4. The lowest BCUT2D eigenvalue weighted by atomic mass is 10.1. The number of nitrogens with zero attached hydrogens (tertiary/aromatic N) is 6.